The van der Waals surface area contributed by atoms with Crippen LogP contribution in [-0.4, -0.2) is 144 Å². The monoisotopic (exact) mass is 519 g/mol. The summed E-state index contributed by atoms with van der Waals surface area (Å²) in [4.78, 5) is 55.2. The summed E-state index contributed by atoms with van der Waals surface area (Å²) in [6.07, 6.45) is -0.531. The summed E-state index contributed by atoms with van der Waals surface area (Å²) in [7, 11) is 0. The smallest absolute Gasteiger partial charge is 0.481 e. The fourth-order valence-electron chi connectivity index (χ4n) is 4.42. The number of amides is 2. The molecule has 12 nitrogen and oxygen atoms in total. The third-order valence-corrected chi connectivity index (χ3v) is 6.18. The van der Waals surface area contributed by atoms with E-state index in [1.807, 2.05) is 9.80 Å². The maximum absolute atomic E-state index is 12.8. The predicted molar refractivity (Wildman–Crippen MR) is 110 cm³/mol. The van der Waals surface area contributed by atoms with Gasteiger partial charge in [-0.2, -0.15) is 0 Å². The Kier molecular flexibility index (Phi) is 11.0. The van der Waals surface area contributed by atoms with Crippen LogP contribution in [0, 0.1) is 0 Å². The number of carboxylic acid groups (broad SMARTS) is 2. The molecule has 0 aromatic heterocycles. The molecule has 13 heteroatoms. The normalized spacial score (nSPS) is 29.8. The summed E-state index contributed by atoms with van der Waals surface area (Å²) in [5.74, 6) is -2.49. The van der Waals surface area contributed by atoms with Gasteiger partial charge in [-0.25, -0.2) is 0 Å². The Morgan fingerprint density at radius 1 is 0.667 bits per heavy atom. The number of carboxylic acids is 2. The van der Waals surface area contributed by atoms with Crippen molar-refractivity contribution >= 4 is 23.8 Å². The van der Waals surface area contributed by atoms with E-state index < -0.39 is 24.0 Å². The van der Waals surface area contributed by atoms with Crippen molar-refractivity contribution in [1.82, 2.24) is 19.6 Å². The van der Waals surface area contributed by atoms with Crippen LogP contribution in [0.2, 0.25) is 0 Å². The summed E-state index contributed by atoms with van der Waals surface area (Å²) < 4.78 is 11.3. The van der Waals surface area contributed by atoms with Crippen LogP contribution in [0.3, 0.4) is 0 Å². The molecule has 0 saturated carbocycles. The minimum Gasteiger partial charge on any atom is -0.481 e. The third kappa shape index (κ3) is 7.62. The molecule has 4 bridgehead atoms. The summed E-state index contributed by atoms with van der Waals surface area (Å²) in [5.41, 5.74) is 0. The molecular formula is C20H32CuN4O8+2. The minimum atomic E-state index is -1.03. The zero-order valence-corrected chi connectivity index (χ0v) is 19.4. The topological polar surface area (TPSA) is 140 Å². The largest absolute Gasteiger partial charge is 2.00 e. The molecule has 6 aliphatic heterocycles. The number of rotatable bonds is 4. The zero-order valence-electron chi connectivity index (χ0n) is 18.5. The van der Waals surface area contributed by atoms with Gasteiger partial charge in [0, 0.05) is 52.4 Å². The molecule has 6 fully saturated rings. The third-order valence-electron chi connectivity index (χ3n) is 6.18. The number of aliphatic carboxylic acids is 2. The maximum atomic E-state index is 12.8. The maximum Gasteiger partial charge on any atom is 2.00 e. The van der Waals surface area contributed by atoms with E-state index in [2.05, 4.69) is 0 Å². The molecule has 0 aliphatic carbocycles. The number of carbonyl (C=O) groups is 4. The van der Waals surface area contributed by atoms with E-state index in [9.17, 15) is 29.4 Å². The Bertz CT molecular complexity index is 654. The molecular weight excluding hydrogens is 488 g/mol. The molecule has 6 rings (SSSR count). The van der Waals surface area contributed by atoms with Crippen LogP contribution in [0.15, 0.2) is 0 Å². The van der Waals surface area contributed by atoms with E-state index in [0.717, 1.165) is 0 Å². The Labute approximate surface area is 203 Å². The van der Waals surface area contributed by atoms with Gasteiger partial charge in [0.2, 0.25) is 11.8 Å². The predicted octanol–water partition coefficient (Wildman–Crippen LogP) is -1.99. The van der Waals surface area contributed by atoms with Gasteiger partial charge in [-0.3, -0.25) is 29.0 Å². The summed E-state index contributed by atoms with van der Waals surface area (Å²) in [6, 6.07) is -1.46. The molecule has 6 saturated heterocycles. The standard InChI is InChI=1S/C20H32N4O8.Cu/c25-17(26)13-15-19(29)23-3-1-21(15)5-9-31-12-8-24-4-2-22(6-10-32-11-7-23)16(20(24)30)14-18(27)28;/h15-16H,1-14H2,(H,25,26)(H,27,28);/q;+2. The first-order chi connectivity index (χ1) is 15.4. The molecule has 2 N–H and O–H groups in total. The Morgan fingerprint density at radius 2 is 1.03 bits per heavy atom. The van der Waals surface area contributed by atoms with Gasteiger partial charge >= 0.3 is 29.0 Å². The van der Waals surface area contributed by atoms with Gasteiger partial charge < -0.3 is 29.5 Å². The molecule has 189 valence electrons. The van der Waals surface area contributed by atoms with Crippen LogP contribution in [-0.2, 0) is 45.7 Å². The van der Waals surface area contributed by atoms with Crippen molar-refractivity contribution in [2.24, 2.45) is 0 Å². The molecule has 33 heavy (non-hydrogen) atoms. The molecule has 6 aliphatic rings. The molecule has 0 aromatic rings. The molecule has 4 unspecified atom stereocenters. The van der Waals surface area contributed by atoms with Gasteiger partial charge in [-0.15, -0.1) is 0 Å². The molecule has 0 spiro atoms. The minimum absolute atomic E-state index is 0. The number of piperazine rings is 2. The molecule has 4 atom stereocenters. The van der Waals surface area contributed by atoms with Crippen LogP contribution >= 0.6 is 0 Å². The van der Waals surface area contributed by atoms with Crippen LogP contribution in [0.25, 0.3) is 0 Å². The van der Waals surface area contributed by atoms with E-state index >= 15 is 0 Å². The molecule has 2 amide bonds. The van der Waals surface area contributed by atoms with E-state index in [-0.39, 0.29) is 54.9 Å². The van der Waals surface area contributed by atoms with Crippen molar-refractivity contribution in [3.8, 4) is 0 Å². The van der Waals surface area contributed by atoms with Crippen molar-refractivity contribution in [3.05, 3.63) is 0 Å². The van der Waals surface area contributed by atoms with Crippen molar-refractivity contribution in [2.75, 3.05) is 78.8 Å². The van der Waals surface area contributed by atoms with Gasteiger partial charge in [-0.1, -0.05) is 0 Å². The second-order valence-electron chi connectivity index (χ2n) is 8.17. The van der Waals surface area contributed by atoms with Crippen LogP contribution in [0.1, 0.15) is 12.8 Å². The van der Waals surface area contributed by atoms with E-state index in [1.165, 1.54) is 0 Å². The van der Waals surface area contributed by atoms with Crippen LogP contribution in [0.4, 0.5) is 0 Å². The Morgan fingerprint density at radius 3 is 1.39 bits per heavy atom. The van der Waals surface area contributed by atoms with Gasteiger partial charge in [0.15, 0.2) is 0 Å². The van der Waals surface area contributed by atoms with Crippen molar-refractivity contribution in [2.45, 2.75) is 24.9 Å². The number of nitrogens with zero attached hydrogens (tertiary/aromatic N) is 4. The molecule has 1 radical (unpaired) electrons. The van der Waals surface area contributed by atoms with Crippen LogP contribution in [0.5, 0.6) is 0 Å². The fourth-order valence-corrected chi connectivity index (χ4v) is 4.42. The van der Waals surface area contributed by atoms with Crippen LogP contribution < -0.4 is 0 Å². The number of hydrogen-bond acceptors (Lipinski definition) is 8. The van der Waals surface area contributed by atoms with Crippen molar-refractivity contribution in [3.63, 3.8) is 0 Å². The van der Waals surface area contributed by atoms with Crippen molar-refractivity contribution in [1.29, 1.82) is 0 Å². The van der Waals surface area contributed by atoms with Gasteiger partial charge in [0.1, 0.15) is 12.1 Å². The van der Waals surface area contributed by atoms with E-state index in [1.54, 1.807) is 9.80 Å². The summed E-state index contributed by atoms with van der Waals surface area (Å²) in [6.45, 7) is 4.81. The number of carbonyl (C=O) groups excluding carboxylic acids is 2. The van der Waals surface area contributed by atoms with E-state index in [0.29, 0.717) is 65.6 Å². The zero-order chi connectivity index (χ0) is 23.1. The Balaban J connectivity index is 0.00000385. The quantitative estimate of drug-likeness (QED) is 0.401. The SMILES string of the molecule is O=C(O)CC1C(=O)N2CCOCCN3CCN(CCOCCN1CC2)C(=O)C3CC(=O)O.[Cu+2]. The molecule has 6 heterocycles. The average molecular weight is 520 g/mol. The van der Waals surface area contributed by atoms with E-state index in [4.69, 9.17) is 9.47 Å². The second kappa shape index (κ2) is 13.2. The van der Waals surface area contributed by atoms with Gasteiger partial charge in [0.25, 0.3) is 0 Å². The number of hydrogen-bond donors (Lipinski definition) is 2. The average Bonchev–Trinajstić information content (AvgIpc) is 2.73. The van der Waals surface area contributed by atoms with Gasteiger partial charge in [-0.05, 0) is 0 Å². The first kappa shape index (κ1) is 27.5. The second-order valence-corrected chi connectivity index (χ2v) is 8.17. The summed E-state index contributed by atoms with van der Waals surface area (Å²) in [5, 5.41) is 18.5. The molecule has 0 aromatic carbocycles. The number of ether oxygens (including phenoxy) is 2. The van der Waals surface area contributed by atoms with Crippen molar-refractivity contribution < 1.29 is 55.9 Å². The summed E-state index contributed by atoms with van der Waals surface area (Å²) >= 11 is 0. The van der Waals surface area contributed by atoms with Gasteiger partial charge in [0.05, 0.1) is 39.3 Å². The fraction of sp³-hybridized carbons (Fsp3) is 0.800. The first-order valence-corrected chi connectivity index (χ1v) is 11.0. The Hall–Kier alpha value is -1.76. The first-order valence-electron chi connectivity index (χ1n) is 11.0.